The molecule has 1 aliphatic heterocycles. The van der Waals surface area contributed by atoms with Gasteiger partial charge in [-0.25, -0.2) is 4.39 Å². The number of hydrogen-bond donors (Lipinski definition) is 1. The van der Waals surface area contributed by atoms with E-state index in [1.807, 2.05) is 6.92 Å². The zero-order valence-corrected chi connectivity index (χ0v) is 10.7. The molecule has 92 valence electrons. The molecule has 0 aromatic rings. The predicted octanol–water partition coefficient (Wildman–Crippen LogP) is 2.48. The fourth-order valence-electron chi connectivity index (χ4n) is 2.39. The summed E-state index contributed by atoms with van der Waals surface area (Å²) >= 11 is 11.9. The molecule has 1 saturated carbocycles. The quantitative estimate of drug-likeness (QED) is 0.793. The Balaban J connectivity index is 1.79. The highest BCUT2D eigenvalue weighted by atomic mass is 35.5. The van der Waals surface area contributed by atoms with Gasteiger partial charge in [0.1, 0.15) is 16.3 Å². The molecule has 0 unspecified atom stereocenters. The summed E-state index contributed by atoms with van der Waals surface area (Å²) < 4.78 is 12.3. The minimum atomic E-state index is -0.884. The van der Waals surface area contributed by atoms with Gasteiger partial charge in [0.25, 0.3) is 0 Å². The van der Waals surface area contributed by atoms with Crippen LogP contribution in [0.15, 0.2) is 0 Å². The molecule has 0 aromatic heterocycles. The largest absolute Gasteiger partial charge is 0.304 e. The lowest BCUT2D eigenvalue weighted by Crippen LogP contribution is -2.32. The van der Waals surface area contributed by atoms with Gasteiger partial charge < -0.3 is 5.32 Å². The molecular formula is C11H16Cl2FNO. The molecule has 16 heavy (non-hydrogen) atoms. The molecule has 0 aromatic carbocycles. The van der Waals surface area contributed by atoms with Crippen LogP contribution in [0.5, 0.6) is 0 Å². The monoisotopic (exact) mass is 267 g/mol. The SMILES string of the molecule is C[C@@H](CC(=O)[C@@H]1C[C@@H](F)CN1)[C@H]1CC1(Cl)Cl. The van der Waals surface area contributed by atoms with Crippen LogP contribution in [-0.2, 0) is 4.79 Å². The molecule has 4 atom stereocenters. The van der Waals surface area contributed by atoms with Crippen LogP contribution in [0.4, 0.5) is 4.39 Å². The first-order chi connectivity index (χ1) is 7.40. The molecule has 5 heteroatoms. The molecule has 0 amide bonds. The normalized spacial score (nSPS) is 38.4. The second-order valence-electron chi connectivity index (χ2n) is 5.01. The second kappa shape index (κ2) is 4.43. The van der Waals surface area contributed by atoms with Gasteiger partial charge in [0, 0.05) is 19.4 Å². The van der Waals surface area contributed by atoms with E-state index in [4.69, 9.17) is 23.2 Å². The smallest absolute Gasteiger partial charge is 0.150 e. The maximum Gasteiger partial charge on any atom is 0.150 e. The number of carbonyl (C=O) groups excluding carboxylic acids is 1. The fourth-order valence-corrected chi connectivity index (χ4v) is 3.15. The summed E-state index contributed by atoms with van der Waals surface area (Å²) in [5, 5.41) is 2.90. The van der Waals surface area contributed by atoms with E-state index in [0.29, 0.717) is 19.4 Å². The molecule has 1 aliphatic carbocycles. The van der Waals surface area contributed by atoms with Crippen LogP contribution in [-0.4, -0.2) is 28.9 Å². The lowest BCUT2D eigenvalue weighted by molar-refractivity contribution is -0.121. The van der Waals surface area contributed by atoms with Gasteiger partial charge in [-0.05, 0) is 18.3 Å². The van der Waals surface area contributed by atoms with Crippen LogP contribution >= 0.6 is 23.2 Å². The number of carbonyl (C=O) groups is 1. The maximum atomic E-state index is 12.9. The zero-order valence-electron chi connectivity index (χ0n) is 9.18. The number of alkyl halides is 3. The van der Waals surface area contributed by atoms with Gasteiger partial charge in [-0.3, -0.25) is 4.79 Å². The fraction of sp³-hybridized carbons (Fsp3) is 0.909. The summed E-state index contributed by atoms with van der Waals surface area (Å²) in [7, 11) is 0. The Morgan fingerprint density at radius 2 is 2.25 bits per heavy atom. The number of ketones is 1. The molecular weight excluding hydrogens is 252 g/mol. The maximum absolute atomic E-state index is 12.9. The highest BCUT2D eigenvalue weighted by molar-refractivity contribution is 6.50. The summed E-state index contributed by atoms with van der Waals surface area (Å²) in [6.07, 6.45) is 0.624. The van der Waals surface area contributed by atoms with Crippen LogP contribution in [0.2, 0.25) is 0 Å². The van der Waals surface area contributed by atoms with E-state index in [1.165, 1.54) is 0 Å². The molecule has 2 nitrogen and oxygen atoms in total. The third-order valence-electron chi connectivity index (χ3n) is 3.55. The van der Waals surface area contributed by atoms with E-state index in [0.717, 1.165) is 6.42 Å². The van der Waals surface area contributed by atoms with E-state index in [9.17, 15) is 9.18 Å². The molecule has 0 spiro atoms. The van der Waals surface area contributed by atoms with Crippen molar-refractivity contribution in [3.63, 3.8) is 0 Å². The van der Waals surface area contributed by atoms with Crippen molar-refractivity contribution in [2.24, 2.45) is 11.8 Å². The summed E-state index contributed by atoms with van der Waals surface area (Å²) in [6.45, 7) is 2.28. The van der Waals surface area contributed by atoms with Crippen molar-refractivity contribution in [1.29, 1.82) is 0 Å². The van der Waals surface area contributed by atoms with Gasteiger partial charge in [-0.15, -0.1) is 23.2 Å². The summed E-state index contributed by atoms with van der Waals surface area (Å²) in [5.41, 5.74) is 0. The Morgan fingerprint density at radius 1 is 1.62 bits per heavy atom. The number of nitrogens with one attached hydrogen (secondary N) is 1. The van der Waals surface area contributed by atoms with Crippen molar-refractivity contribution in [2.45, 2.75) is 42.7 Å². The molecule has 0 radical (unpaired) electrons. The van der Waals surface area contributed by atoms with Crippen LogP contribution in [0, 0.1) is 11.8 Å². The Kier molecular flexibility index (Phi) is 3.49. The van der Waals surface area contributed by atoms with Crippen LogP contribution in [0.1, 0.15) is 26.2 Å². The van der Waals surface area contributed by atoms with Crippen molar-refractivity contribution >= 4 is 29.0 Å². The van der Waals surface area contributed by atoms with Gasteiger partial charge in [0.05, 0.1) is 6.04 Å². The molecule has 2 rings (SSSR count). The topological polar surface area (TPSA) is 29.1 Å². The first-order valence-corrected chi connectivity index (χ1v) is 6.43. The molecule has 0 bridgehead atoms. The Morgan fingerprint density at radius 3 is 2.69 bits per heavy atom. The van der Waals surface area contributed by atoms with Gasteiger partial charge in [-0.1, -0.05) is 6.92 Å². The molecule has 2 fully saturated rings. The zero-order chi connectivity index (χ0) is 11.9. The van der Waals surface area contributed by atoms with Crippen molar-refractivity contribution in [3.8, 4) is 0 Å². The summed E-state index contributed by atoms with van der Waals surface area (Å²) in [4.78, 5) is 11.8. The van der Waals surface area contributed by atoms with Crippen LogP contribution in [0.3, 0.4) is 0 Å². The van der Waals surface area contributed by atoms with Gasteiger partial charge in [0.15, 0.2) is 0 Å². The third kappa shape index (κ3) is 2.69. The van der Waals surface area contributed by atoms with E-state index in [2.05, 4.69) is 5.32 Å². The van der Waals surface area contributed by atoms with Crippen molar-refractivity contribution < 1.29 is 9.18 Å². The molecule has 1 N–H and O–H groups in total. The van der Waals surface area contributed by atoms with Crippen LogP contribution < -0.4 is 5.32 Å². The minimum absolute atomic E-state index is 0.0867. The van der Waals surface area contributed by atoms with E-state index in [1.54, 1.807) is 0 Å². The van der Waals surface area contributed by atoms with E-state index < -0.39 is 10.5 Å². The van der Waals surface area contributed by atoms with Gasteiger partial charge >= 0.3 is 0 Å². The van der Waals surface area contributed by atoms with Gasteiger partial charge in [0.2, 0.25) is 0 Å². The lowest BCUT2D eigenvalue weighted by atomic mass is 9.95. The standard InChI is InChI=1S/C11H16Cl2FNO/c1-6(8-4-11(8,12)13)2-10(16)9-3-7(14)5-15-9/h6-9,15H,2-5H2,1H3/t6-,7+,8+,9-/m0/s1. The molecule has 2 aliphatic rings. The van der Waals surface area contributed by atoms with Crippen molar-refractivity contribution in [2.75, 3.05) is 6.54 Å². The highest BCUT2D eigenvalue weighted by Crippen LogP contribution is 2.57. The first-order valence-electron chi connectivity index (χ1n) is 5.68. The Labute approximate surface area is 105 Å². The number of rotatable bonds is 4. The minimum Gasteiger partial charge on any atom is -0.304 e. The Hall–Kier alpha value is 0.140. The summed E-state index contributed by atoms with van der Waals surface area (Å²) in [6, 6.07) is -0.309. The van der Waals surface area contributed by atoms with Crippen molar-refractivity contribution in [3.05, 3.63) is 0 Å². The summed E-state index contributed by atoms with van der Waals surface area (Å²) in [5.74, 6) is 0.481. The molecule has 1 heterocycles. The van der Waals surface area contributed by atoms with Crippen LogP contribution in [0.25, 0.3) is 0 Å². The number of halogens is 3. The average molecular weight is 268 g/mol. The predicted molar refractivity (Wildman–Crippen MR) is 62.6 cm³/mol. The average Bonchev–Trinajstić information content (AvgIpc) is 2.62. The van der Waals surface area contributed by atoms with E-state index >= 15 is 0 Å². The second-order valence-corrected chi connectivity index (χ2v) is 6.56. The number of Topliss-reactive ketones (excluding diaryl/α,β-unsaturated/α-hetero) is 1. The lowest BCUT2D eigenvalue weighted by Gasteiger charge is -2.14. The highest BCUT2D eigenvalue weighted by Gasteiger charge is 2.54. The molecule has 1 saturated heterocycles. The van der Waals surface area contributed by atoms with E-state index in [-0.39, 0.29) is 23.7 Å². The third-order valence-corrected chi connectivity index (χ3v) is 4.42. The van der Waals surface area contributed by atoms with Gasteiger partial charge in [-0.2, -0.15) is 0 Å². The van der Waals surface area contributed by atoms with Crippen molar-refractivity contribution in [1.82, 2.24) is 5.32 Å². The Bertz CT molecular complexity index is 298. The first kappa shape index (κ1) is 12.6. The number of hydrogen-bond acceptors (Lipinski definition) is 2.